The van der Waals surface area contributed by atoms with E-state index in [-0.39, 0.29) is 30.9 Å². The molecule has 208 valence electrons. The number of anilines is 1. The van der Waals surface area contributed by atoms with E-state index >= 15 is 0 Å². The molecule has 0 radical (unpaired) electrons. The molecule has 3 aromatic rings. The highest BCUT2D eigenvalue weighted by Crippen LogP contribution is 2.38. The summed E-state index contributed by atoms with van der Waals surface area (Å²) in [6, 6.07) is 6.97. The Balaban J connectivity index is 1.41. The second kappa shape index (κ2) is 13.1. The van der Waals surface area contributed by atoms with Gasteiger partial charge in [-0.15, -0.1) is 21.5 Å². The smallest absolute Gasteiger partial charge is 0.341 e. The third-order valence-corrected chi connectivity index (χ3v) is 8.81. The van der Waals surface area contributed by atoms with Crippen LogP contribution in [0, 0.1) is 0 Å². The molecular weight excluding hydrogens is 538 g/mol. The highest BCUT2D eigenvalue weighted by atomic mass is 32.2. The molecule has 0 spiro atoms. The molecule has 4 rings (SSSR count). The van der Waals surface area contributed by atoms with Crippen LogP contribution in [0.1, 0.15) is 70.1 Å². The van der Waals surface area contributed by atoms with E-state index < -0.39 is 5.25 Å². The van der Waals surface area contributed by atoms with Crippen LogP contribution in [0.25, 0.3) is 0 Å². The normalized spacial score (nSPS) is 13.6. The second-order valence-electron chi connectivity index (χ2n) is 9.08. The average molecular weight is 572 g/mol. The Hall–Kier alpha value is -3.38. The number of nitrogens with one attached hydrogen (secondary N) is 2. The number of benzene rings is 1. The van der Waals surface area contributed by atoms with Gasteiger partial charge in [0.2, 0.25) is 5.91 Å². The van der Waals surface area contributed by atoms with Gasteiger partial charge in [-0.05, 0) is 57.2 Å². The fourth-order valence-corrected chi connectivity index (χ4v) is 6.48. The standard InChI is InChI=1S/C27H33N5O5S2/c1-5-37-26(35)22-18-12-7-6-8-14-20(18)39-25(22)29-23(33)16(2)38-27-31-30-21(32(27)3)15-28-24(34)17-11-9-10-13-19(17)36-4/h9-11,13,16H,5-8,12,14-15H2,1-4H3,(H,28,34)(H,29,33)/t16-/m1/s1. The van der Waals surface area contributed by atoms with E-state index in [4.69, 9.17) is 9.47 Å². The number of nitrogens with zero attached hydrogens (tertiary/aromatic N) is 3. The number of hydrogen-bond donors (Lipinski definition) is 2. The van der Waals surface area contributed by atoms with E-state index in [1.54, 1.807) is 49.7 Å². The van der Waals surface area contributed by atoms with Gasteiger partial charge in [0.25, 0.3) is 5.91 Å². The lowest BCUT2D eigenvalue weighted by atomic mass is 10.1. The van der Waals surface area contributed by atoms with Gasteiger partial charge in [0.05, 0.1) is 36.6 Å². The first kappa shape index (κ1) is 28.6. The summed E-state index contributed by atoms with van der Waals surface area (Å²) in [5.74, 6) is 0.109. The number of aryl methyl sites for hydroxylation is 1. The summed E-state index contributed by atoms with van der Waals surface area (Å²) >= 11 is 2.73. The van der Waals surface area contributed by atoms with Gasteiger partial charge < -0.3 is 24.7 Å². The molecule has 2 heterocycles. The zero-order valence-corrected chi connectivity index (χ0v) is 24.2. The maximum Gasteiger partial charge on any atom is 0.341 e. The van der Waals surface area contributed by atoms with E-state index in [0.29, 0.717) is 32.9 Å². The van der Waals surface area contributed by atoms with Crippen molar-refractivity contribution in [2.45, 2.75) is 62.9 Å². The minimum atomic E-state index is -0.513. The SMILES string of the molecule is CCOC(=O)c1c(NC(=O)[C@@H](C)Sc2nnc(CNC(=O)c3ccccc3OC)n2C)sc2c1CCCCC2. The summed E-state index contributed by atoms with van der Waals surface area (Å²) < 4.78 is 12.3. The monoisotopic (exact) mass is 571 g/mol. The third-order valence-electron chi connectivity index (χ3n) is 6.47. The lowest BCUT2D eigenvalue weighted by Gasteiger charge is -2.13. The number of carbonyl (C=O) groups excluding carboxylic acids is 3. The summed E-state index contributed by atoms with van der Waals surface area (Å²) in [5.41, 5.74) is 1.94. The quantitative estimate of drug-likeness (QED) is 0.209. The molecule has 1 aliphatic carbocycles. The molecule has 0 fully saturated rings. The number of esters is 1. The number of fused-ring (bicyclic) bond motifs is 1. The number of ether oxygens (including phenoxy) is 2. The van der Waals surface area contributed by atoms with Gasteiger partial charge >= 0.3 is 5.97 Å². The number of aromatic nitrogens is 3. The predicted molar refractivity (Wildman–Crippen MR) is 151 cm³/mol. The van der Waals surface area contributed by atoms with Crippen molar-refractivity contribution in [1.29, 1.82) is 0 Å². The molecule has 1 aliphatic rings. The van der Waals surface area contributed by atoms with Crippen LogP contribution in [0.2, 0.25) is 0 Å². The maximum absolute atomic E-state index is 13.2. The topological polar surface area (TPSA) is 124 Å². The highest BCUT2D eigenvalue weighted by Gasteiger charge is 2.28. The van der Waals surface area contributed by atoms with Crippen LogP contribution in [0.3, 0.4) is 0 Å². The van der Waals surface area contributed by atoms with Gasteiger partial charge in [0, 0.05) is 11.9 Å². The van der Waals surface area contributed by atoms with Gasteiger partial charge in [-0.2, -0.15) is 0 Å². The largest absolute Gasteiger partial charge is 0.496 e. The van der Waals surface area contributed by atoms with Crippen molar-refractivity contribution in [1.82, 2.24) is 20.1 Å². The fourth-order valence-electron chi connectivity index (χ4n) is 4.36. The first-order chi connectivity index (χ1) is 18.8. The van der Waals surface area contributed by atoms with Gasteiger partial charge in [-0.3, -0.25) is 9.59 Å². The molecule has 0 saturated carbocycles. The number of rotatable bonds is 10. The molecule has 0 saturated heterocycles. The Bertz CT molecular complexity index is 1350. The Kier molecular flexibility index (Phi) is 9.63. The Labute approximate surface area is 235 Å². The molecular formula is C27H33N5O5S2. The van der Waals surface area contributed by atoms with Crippen LogP contribution >= 0.6 is 23.1 Å². The number of hydrogen-bond acceptors (Lipinski definition) is 9. The number of methoxy groups -OCH3 is 1. The number of amides is 2. The van der Waals surface area contributed by atoms with E-state index in [0.717, 1.165) is 42.5 Å². The average Bonchev–Trinajstić information content (AvgIpc) is 3.36. The summed E-state index contributed by atoms with van der Waals surface area (Å²) in [7, 11) is 3.30. The van der Waals surface area contributed by atoms with Crippen LogP contribution in [-0.2, 0) is 36.0 Å². The van der Waals surface area contributed by atoms with Gasteiger partial charge in [0.1, 0.15) is 10.8 Å². The molecule has 10 nitrogen and oxygen atoms in total. The fraction of sp³-hybridized carbons (Fsp3) is 0.444. The van der Waals surface area contributed by atoms with E-state index in [9.17, 15) is 14.4 Å². The first-order valence-corrected chi connectivity index (χ1v) is 14.6. The molecule has 2 amide bonds. The molecule has 39 heavy (non-hydrogen) atoms. The summed E-state index contributed by atoms with van der Waals surface area (Å²) in [4.78, 5) is 39.8. The Morgan fingerprint density at radius 2 is 1.92 bits per heavy atom. The lowest BCUT2D eigenvalue weighted by Crippen LogP contribution is -2.25. The van der Waals surface area contributed by atoms with Crippen molar-refractivity contribution in [2.24, 2.45) is 7.05 Å². The number of carbonyl (C=O) groups is 3. The van der Waals surface area contributed by atoms with Crippen LogP contribution < -0.4 is 15.4 Å². The predicted octanol–water partition coefficient (Wildman–Crippen LogP) is 4.38. The molecule has 0 aliphatic heterocycles. The van der Waals surface area contributed by atoms with Gasteiger partial charge in [0.15, 0.2) is 11.0 Å². The van der Waals surface area contributed by atoms with E-state index in [1.165, 1.54) is 30.2 Å². The summed E-state index contributed by atoms with van der Waals surface area (Å²) in [6.45, 7) is 3.99. The summed E-state index contributed by atoms with van der Waals surface area (Å²) in [5, 5.41) is 14.8. The van der Waals surface area contributed by atoms with Crippen LogP contribution in [-0.4, -0.2) is 51.5 Å². The molecule has 2 N–H and O–H groups in total. The molecule has 2 aromatic heterocycles. The minimum Gasteiger partial charge on any atom is -0.496 e. The zero-order chi connectivity index (χ0) is 27.9. The lowest BCUT2D eigenvalue weighted by molar-refractivity contribution is -0.115. The minimum absolute atomic E-state index is 0.158. The number of thioether (sulfide) groups is 1. The van der Waals surface area contributed by atoms with Crippen LogP contribution in [0.5, 0.6) is 5.75 Å². The number of thiophene rings is 1. The van der Waals surface area contributed by atoms with Crippen molar-refractivity contribution in [3.05, 3.63) is 51.7 Å². The molecule has 0 bridgehead atoms. The Morgan fingerprint density at radius 3 is 2.69 bits per heavy atom. The third kappa shape index (κ3) is 6.62. The van der Waals surface area contributed by atoms with E-state index in [1.807, 2.05) is 0 Å². The molecule has 1 aromatic carbocycles. The van der Waals surface area contributed by atoms with Crippen molar-refractivity contribution in [2.75, 3.05) is 19.0 Å². The van der Waals surface area contributed by atoms with Crippen molar-refractivity contribution in [3.63, 3.8) is 0 Å². The number of para-hydroxylation sites is 1. The van der Waals surface area contributed by atoms with Crippen molar-refractivity contribution >= 4 is 45.9 Å². The van der Waals surface area contributed by atoms with Crippen LogP contribution in [0.15, 0.2) is 29.4 Å². The van der Waals surface area contributed by atoms with Gasteiger partial charge in [-0.25, -0.2) is 4.79 Å². The first-order valence-electron chi connectivity index (χ1n) is 12.9. The summed E-state index contributed by atoms with van der Waals surface area (Å²) in [6.07, 6.45) is 4.94. The molecule has 0 unspecified atom stereocenters. The molecule has 1 atom stereocenters. The van der Waals surface area contributed by atoms with Crippen molar-refractivity contribution in [3.8, 4) is 5.75 Å². The molecule has 12 heteroatoms. The maximum atomic E-state index is 13.2. The second-order valence-corrected chi connectivity index (χ2v) is 11.5. The van der Waals surface area contributed by atoms with E-state index in [2.05, 4.69) is 20.8 Å². The zero-order valence-electron chi connectivity index (χ0n) is 22.5. The van der Waals surface area contributed by atoms with Crippen molar-refractivity contribution < 1.29 is 23.9 Å². The Morgan fingerprint density at radius 1 is 1.15 bits per heavy atom. The van der Waals surface area contributed by atoms with Gasteiger partial charge in [-0.1, -0.05) is 30.3 Å². The highest BCUT2D eigenvalue weighted by molar-refractivity contribution is 8.00. The van der Waals surface area contributed by atoms with Crippen LogP contribution in [0.4, 0.5) is 5.00 Å².